The Balaban J connectivity index is 1.51. The first kappa shape index (κ1) is 26.0. The van der Waals surface area contributed by atoms with E-state index in [1.165, 1.54) is 24.3 Å². The summed E-state index contributed by atoms with van der Waals surface area (Å²) in [6.07, 6.45) is -0.950. The molecule has 1 aliphatic carbocycles. The number of hydrogen-bond acceptors (Lipinski definition) is 4. The number of aryl methyl sites for hydroxylation is 1. The van der Waals surface area contributed by atoms with Crippen LogP contribution in [0.1, 0.15) is 36.0 Å². The SMILES string of the molecule is Cc1cc(Cl)ccc1CC(NC(=O)C1(c2ccc(OC(F)(F)F)cc2)CC1)C(=O)N/C=C1/CCNC1. The highest BCUT2D eigenvalue weighted by Crippen LogP contribution is 2.49. The van der Waals surface area contributed by atoms with Gasteiger partial charge in [0.25, 0.3) is 0 Å². The maximum atomic E-state index is 13.4. The van der Waals surface area contributed by atoms with Crippen molar-refractivity contribution in [1.29, 1.82) is 0 Å². The predicted octanol–water partition coefficient (Wildman–Crippen LogP) is 4.30. The topological polar surface area (TPSA) is 79.5 Å². The fourth-order valence-corrected chi connectivity index (χ4v) is 4.57. The molecule has 0 radical (unpaired) electrons. The van der Waals surface area contributed by atoms with Crippen molar-refractivity contribution in [3.63, 3.8) is 0 Å². The Morgan fingerprint density at radius 1 is 1.19 bits per heavy atom. The molecule has 0 aromatic heterocycles. The quantitative estimate of drug-likeness (QED) is 0.484. The number of halogens is 4. The van der Waals surface area contributed by atoms with Crippen LogP contribution >= 0.6 is 11.6 Å². The Morgan fingerprint density at radius 2 is 1.92 bits per heavy atom. The number of amides is 2. The summed E-state index contributed by atoms with van der Waals surface area (Å²) in [6.45, 7) is 3.43. The van der Waals surface area contributed by atoms with E-state index in [1.807, 2.05) is 13.0 Å². The van der Waals surface area contributed by atoms with Crippen LogP contribution in [-0.2, 0) is 21.4 Å². The first-order chi connectivity index (χ1) is 17.1. The normalized spacial score (nSPS) is 18.5. The first-order valence-corrected chi connectivity index (χ1v) is 12.0. The molecule has 36 heavy (non-hydrogen) atoms. The van der Waals surface area contributed by atoms with Gasteiger partial charge in [0.15, 0.2) is 0 Å². The van der Waals surface area contributed by atoms with Gasteiger partial charge in [-0.15, -0.1) is 13.2 Å². The Kier molecular flexibility index (Phi) is 7.61. The minimum absolute atomic E-state index is 0.260. The fourth-order valence-electron chi connectivity index (χ4n) is 4.34. The van der Waals surface area contributed by atoms with Crippen LogP contribution in [0.25, 0.3) is 0 Å². The van der Waals surface area contributed by atoms with Gasteiger partial charge in [-0.05, 0) is 79.3 Å². The van der Waals surface area contributed by atoms with E-state index in [0.717, 1.165) is 29.7 Å². The molecule has 2 aromatic rings. The van der Waals surface area contributed by atoms with Crippen molar-refractivity contribution >= 4 is 23.4 Å². The third-order valence-electron chi connectivity index (χ3n) is 6.57. The summed E-state index contributed by atoms with van der Waals surface area (Å²) < 4.78 is 41.4. The molecular formula is C26H27ClF3N3O3. The highest BCUT2D eigenvalue weighted by Gasteiger charge is 2.52. The maximum Gasteiger partial charge on any atom is 0.573 e. The minimum Gasteiger partial charge on any atom is -0.406 e. The standard InChI is InChI=1S/C26H27ClF3N3O3/c1-16-12-20(27)5-2-18(16)13-22(23(34)32-15-17-8-11-31-14-17)33-24(35)25(9-10-25)19-3-6-21(7-4-19)36-26(28,29)30/h2-7,12,15,22,31H,8-11,13-14H2,1H3,(H,32,34)(H,33,35)/b17-15-. The first-order valence-electron chi connectivity index (χ1n) is 11.7. The molecule has 3 N–H and O–H groups in total. The predicted molar refractivity (Wildman–Crippen MR) is 130 cm³/mol. The number of carbonyl (C=O) groups excluding carboxylic acids is 2. The summed E-state index contributed by atoms with van der Waals surface area (Å²) in [5.41, 5.74) is 2.52. The van der Waals surface area contributed by atoms with Gasteiger partial charge in [-0.3, -0.25) is 9.59 Å². The van der Waals surface area contributed by atoms with Crippen LogP contribution in [0.3, 0.4) is 0 Å². The number of ether oxygens (including phenoxy) is 1. The largest absolute Gasteiger partial charge is 0.573 e. The van der Waals surface area contributed by atoms with E-state index in [9.17, 15) is 22.8 Å². The van der Waals surface area contributed by atoms with Gasteiger partial charge < -0.3 is 20.7 Å². The lowest BCUT2D eigenvalue weighted by molar-refractivity contribution is -0.274. The molecule has 1 heterocycles. The molecule has 2 amide bonds. The highest BCUT2D eigenvalue weighted by atomic mass is 35.5. The molecule has 1 aliphatic heterocycles. The van der Waals surface area contributed by atoms with Crippen LogP contribution in [0.4, 0.5) is 13.2 Å². The molecule has 1 saturated heterocycles. The minimum atomic E-state index is -4.79. The van der Waals surface area contributed by atoms with Crippen molar-refractivity contribution in [2.24, 2.45) is 0 Å². The van der Waals surface area contributed by atoms with Crippen LogP contribution in [0.15, 0.2) is 54.2 Å². The van der Waals surface area contributed by atoms with Crippen LogP contribution in [0.2, 0.25) is 5.02 Å². The monoisotopic (exact) mass is 521 g/mol. The van der Waals surface area contributed by atoms with Crippen molar-refractivity contribution in [3.05, 3.63) is 76.0 Å². The summed E-state index contributed by atoms with van der Waals surface area (Å²) >= 11 is 6.07. The Labute approximate surface area is 212 Å². The second-order valence-corrected chi connectivity index (χ2v) is 9.63. The van der Waals surface area contributed by atoms with Crippen LogP contribution in [0.5, 0.6) is 5.75 Å². The smallest absolute Gasteiger partial charge is 0.406 e. The Morgan fingerprint density at radius 3 is 2.50 bits per heavy atom. The molecule has 6 nitrogen and oxygen atoms in total. The highest BCUT2D eigenvalue weighted by molar-refractivity contribution is 6.30. The van der Waals surface area contributed by atoms with Crippen molar-refractivity contribution in [2.45, 2.75) is 50.4 Å². The molecule has 10 heteroatoms. The Bertz CT molecular complexity index is 1150. The number of rotatable bonds is 8. The molecule has 0 spiro atoms. The van der Waals surface area contributed by atoms with Gasteiger partial charge in [0.1, 0.15) is 11.8 Å². The Hall–Kier alpha value is -3.04. The van der Waals surface area contributed by atoms with Crippen molar-refractivity contribution in [1.82, 2.24) is 16.0 Å². The molecule has 0 bridgehead atoms. The van der Waals surface area contributed by atoms with Crippen LogP contribution < -0.4 is 20.7 Å². The van der Waals surface area contributed by atoms with Gasteiger partial charge in [0.05, 0.1) is 5.41 Å². The summed E-state index contributed by atoms with van der Waals surface area (Å²) in [4.78, 5) is 26.5. The van der Waals surface area contributed by atoms with E-state index in [0.29, 0.717) is 30.0 Å². The van der Waals surface area contributed by atoms with Crippen molar-refractivity contribution in [3.8, 4) is 5.75 Å². The van der Waals surface area contributed by atoms with Crippen LogP contribution in [-0.4, -0.2) is 37.3 Å². The number of benzene rings is 2. The van der Waals surface area contributed by atoms with Gasteiger partial charge in [0, 0.05) is 24.2 Å². The molecule has 2 aliphatic rings. The lowest BCUT2D eigenvalue weighted by Gasteiger charge is -2.23. The summed E-state index contributed by atoms with van der Waals surface area (Å²) in [5.74, 6) is -1.04. The molecule has 2 aromatic carbocycles. The lowest BCUT2D eigenvalue weighted by Crippen LogP contribution is -2.50. The van der Waals surface area contributed by atoms with Gasteiger partial charge in [-0.25, -0.2) is 0 Å². The number of carbonyl (C=O) groups is 2. The fraction of sp³-hybridized carbons (Fsp3) is 0.385. The van der Waals surface area contributed by atoms with Gasteiger partial charge >= 0.3 is 6.36 Å². The van der Waals surface area contributed by atoms with E-state index in [4.69, 9.17) is 11.6 Å². The third kappa shape index (κ3) is 6.39. The number of hydrogen-bond donors (Lipinski definition) is 3. The average molecular weight is 522 g/mol. The third-order valence-corrected chi connectivity index (χ3v) is 6.80. The summed E-state index contributed by atoms with van der Waals surface area (Å²) in [7, 11) is 0. The summed E-state index contributed by atoms with van der Waals surface area (Å²) in [6, 6.07) is 9.82. The van der Waals surface area contributed by atoms with Crippen molar-refractivity contribution in [2.75, 3.05) is 13.1 Å². The zero-order valence-electron chi connectivity index (χ0n) is 19.7. The van der Waals surface area contributed by atoms with Crippen molar-refractivity contribution < 1.29 is 27.5 Å². The zero-order valence-corrected chi connectivity index (χ0v) is 20.4. The van der Waals surface area contributed by atoms with E-state index in [-0.39, 0.29) is 24.0 Å². The second-order valence-electron chi connectivity index (χ2n) is 9.19. The summed E-state index contributed by atoms with van der Waals surface area (Å²) in [5, 5.41) is 9.49. The number of alkyl halides is 3. The van der Waals surface area contributed by atoms with Crippen LogP contribution in [0, 0.1) is 6.92 Å². The maximum absolute atomic E-state index is 13.4. The van der Waals surface area contributed by atoms with E-state index in [1.54, 1.807) is 18.3 Å². The molecule has 192 valence electrons. The average Bonchev–Trinajstić information content (AvgIpc) is 3.46. The molecule has 1 saturated carbocycles. The number of nitrogens with one attached hydrogen (secondary N) is 3. The zero-order chi connectivity index (χ0) is 25.9. The van der Waals surface area contributed by atoms with Gasteiger partial charge in [0.2, 0.25) is 11.8 Å². The van der Waals surface area contributed by atoms with Gasteiger partial charge in [-0.2, -0.15) is 0 Å². The molecule has 4 rings (SSSR count). The van der Waals surface area contributed by atoms with E-state index < -0.39 is 17.8 Å². The molecule has 1 atom stereocenters. The van der Waals surface area contributed by atoms with Gasteiger partial charge in [-0.1, -0.05) is 29.8 Å². The second kappa shape index (κ2) is 10.5. The molecule has 2 fully saturated rings. The lowest BCUT2D eigenvalue weighted by atomic mass is 9.93. The molecular weight excluding hydrogens is 495 g/mol. The molecule has 1 unspecified atom stereocenters. The van der Waals surface area contributed by atoms with E-state index in [2.05, 4.69) is 20.7 Å². The van der Waals surface area contributed by atoms with E-state index >= 15 is 0 Å².